The van der Waals surface area contributed by atoms with Crippen molar-refractivity contribution in [2.45, 2.75) is 44.0 Å². The topological polar surface area (TPSA) is 101 Å². The number of carbonyl (C=O) groups is 1. The van der Waals surface area contributed by atoms with Gasteiger partial charge in [0.2, 0.25) is 15.9 Å². The SMILES string of the molecule is CCCC(N)CC(=O)Nc1ccc(S(=O)(=O)NCC)cc1. The van der Waals surface area contributed by atoms with Crippen LogP contribution in [0.25, 0.3) is 0 Å². The molecular formula is C14H23N3O3S. The van der Waals surface area contributed by atoms with Gasteiger partial charge in [-0.3, -0.25) is 4.79 Å². The summed E-state index contributed by atoms with van der Waals surface area (Å²) in [7, 11) is -3.46. The summed E-state index contributed by atoms with van der Waals surface area (Å²) in [6.45, 7) is 4.06. The first-order chi connectivity index (χ1) is 9.89. The summed E-state index contributed by atoms with van der Waals surface area (Å²) in [6.07, 6.45) is 1.99. The molecule has 0 saturated carbocycles. The van der Waals surface area contributed by atoms with E-state index in [2.05, 4.69) is 10.0 Å². The molecule has 1 amide bonds. The Morgan fingerprint density at radius 2 is 1.86 bits per heavy atom. The molecule has 4 N–H and O–H groups in total. The molecule has 0 saturated heterocycles. The number of carbonyl (C=O) groups excluding carboxylic acids is 1. The zero-order chi connectivity index (χ0) is 15.9. The quantitative estimate of drug-likeness (QED) is 0.676. The molecule has 0 aliphatic carbocycles. The summed E-state index contributed by atoms with van der Waals surface area (Å²) in [5, 5.41) is 2.71. The van der Waals surface area contributed by atoms with E-state index < -0.39 is 10.0 Å². The van der Waals surface area contributed by atoms with Crippen molar-refractivity contribution in [3.63, 3.8) is 0 Å². The van der Waals surface area contributed by atoms with E-state index in [1.807, 2.05) is 6.92 Å². The van der Waals surface area contributed by atoms with Crippen LogP contribution in [0.3, 0.4) is 0 Å². The summed E-state index contributed by atoms with van der Waals surface area (Å²) in [5.74, 6) is -0.168. The van der Waals surface area contributed by atoms with Crippen LogP contribution in [0, 0.1) is 0 Å². The minimum absolute atomic E-state index is 0.150. The van der Waals surface area contributed by atoms with E-state index in [9.17, 15) is 13.2 Å². The normalized spacial score (nSPS) is 12.9. The Balaban J connectivity index is 2.65. The number of hydrogen-bond acceptors (Lipinski definition) is 4. The third-order valence-corrected chi connectivity index (χ3v) is 4.45. The van der Waals surface area contributed by atoms with Crippen LogP contribution in [0.1, 0.15) is 33.1 Å². The molecule has 0 heterocycles. The molecule has 0 aliphatic rings. The van der Waals surface area contributed by atoms with Crippen LogP contribution in [0.2, 0.25) is 0 Å². The van der Waals surface area contributed by atoms with Gasteiger partial charge in [-0.2, -0.15) is 0 Å². The molecule has 0 fully saturated rings. The zero-order valence-electron chi connectivity index (χ0n) is 12.4. The molecule has 1 aromatic rings. The van der Waals surface area contributed by atoms with Gasteiger partial charge in [-0.15, -0.1) is 0 Å². The number of benzene rings is 1. The highest BCUT2D eigenvalue weighted by atomic mass is 32.2. The van der Waals surface area contributed by atoms with Crippen LogP contribution >= 0.6 is 0 Å². The van der Waals surface area contributed by atoms with Crippen molar-refractivity contribution in [1.82, 2.24) is 4.72 Å². The van der Waals surface area contributed by atoms with Crippen molar-refractivity contribution in [3.8, 4) is 0 Å². The number of anilines is 1. The number of amides is 1. The van der Waals surface area contributed by atoms with Crippen LogP contribution in [-0.4, -0.2) is 26.9 Å². The van der Waals surface area contributed by atoms with Gasteiger partial charge in [0.25, 0.3) is 0 Å². The smallest absolute Gasteiger partial charge is 0.240 e. The molecule has 0 spiro atoms. The fourth-order valence-corrected chi connectivity index (χ4v) is 2.95. The van der Waals surface area contributed by atoms with Gasteiger partial charge in [0.1, 0.15) is 0 Å². The predicted octanol–water partition coefficient (Wildman–Crippen LogP) is 1.44. The highest BCUT2D eigenvalue weighted by Gasteiger charge is 2.13. The van der Waals surface area contributed by atoms with Gasteiger partial charge in [0, 0.05) is 24.7 Å². The number of nitrogens with two attached hydrogens (primary N) is 1. The average Bonchev–Trinajstić information content (AvgIpc) is 2.39. The second-order valence-corrected chi connectivity index (χ2v) is 6.59. The van der Waals surface area contributed by atoms with Gasteiger partial charge in [0.15, 0.2) is 0 Å². The lowest BCUT2D eigenvalue weighted by Crippen LogP contribution is -2.27. The highest BCUT2D eigenvalue weighted by Crippen LogP contribution is 2.14. The van der Waals surface area contributed by atoms with Gasteiger partial charge in [-0.05, 0) is 30.7 Å². The molecule has 0 aliphatic heterocycles. The van der Waals surface area contributed by atoms with Gasteiger partial charge in [-0.1, -0.05) is 20.3 Å². The van der Waals surface area contributed by atoms with Crippen molar-refractivity contribution in [2.75, 3.05) is 11.9 Å². The van der Waals surface area contributed by atoms with E-state index in [1.54, 1.807) is 19.1 Å². The standard InChI is InChI=1S/C14H23N3O3S/c1-3-5-11(15)10-14(18)17-12-6-8-13(9-7-12)21(19,20)16-4-2/h6-9,11,16H,3-5,10,15H2,1-2H3,(H,17,18). The molecule has 0 bridgehead atoms. The summed E-state index contributed by atoms with van der Waals surface area (Å²) >= 11 is 0. The van der Waals surface area contributed by atoms with E-state index >= 15 is 0 Å². The predicted molar refractivity (Wildman–Crippen MR) is 83.4 cm³/mol. The summed E-state index contributed by atoms with van der Waals surface area (Å²) in [4.78, 5) is 11.9. The molecular weight excluding hydrogens is 290 g/mol. The Morgan fingerprint density at radius 3 is 2.38 bits per heavy atom. The van der Waals surface area contributed by atoms with Crippen molar-refractivity contribution in [3.05, 3.63) is 24.3 Å². The third-order valence-electron chi connectivity index (χ3n) is 2.89. The number of rotatable bonds is 8. The molecule has 1 aromatic carbocycles. The highest BCUT2D eigenvalue weighted by molar-refractivity contribution is 7.89. The van der Waals surface area contributed by atoms with E-state index in [1.165, 1.54) is 12.1 Å². The van der Waals surface area contributed by atoms with E-state index in [0.29, 0.717) is 12.2 Å². The van der Waals surface area contributed by atoms with Crippen LogP contribution < -0.4 is 15.8 Å². The molecule has 6 nitrogen and oxygen atoms in total. The average molecular weight is 313 g/mol. The van der Waals surface area contributed by atoms with Gasteiger partial charge < -0.3 is 11.1 Å². The Morgan fingerprint density at radius 1 is 1.24 bits per heavy atom. The second kappa shape index (κ2) is 8.11. The first kappa shape index (κ1) is 17.6. The molecule has 1 unspecified atom stereocenters. The third kappa shape index (κ3) is 5.82. The minimum Gasteiger partial charge on any atom is -0.327 e. The fourth-order valence-electron chi connectivity index (χ4n) is 1.91. The van der Waals surface area contributed by atoms with Crippen LogP contribution in [0.4, 0.5) is 5.69 Å². The lowest BCUT2D eigenvalue weighted by molar-refractivity contribution is -0.116. The number of hydrogen-bond donors (Lipinski definition) is 3. The Kier molecular flexibility index (Phi) is 6.80. The maximum atomic E-state index is 11.8. The molecule has 21 heavy (non-hydrogen) atoms. The number of sulfonamides is 1. The molecule has 7 heteroatoms. The lowest BCUT2D eigenvalue weighted by Gasteiger charge is -2.11. The van der Waals surface area contributed by atoms with Crippen molar-refractivity contribution < 1.29 is 13.2 Å². The minimum atomic E-state index is -3.46. The van der Waals surface area contributed by atoms with Gasteiger partial charge in [-0.25, -0.2) is 13.1 Å². The lowest BCUT2D eigenvalue weighted by atomic mass is 10.1. The van der Waals surface area contributed by atoms with Crippen molar-refractivity contribution >= 4 is 21.6 Å². The van der Waals surface area contributed by atoms with E-state index in [4.69, 9.17) is 5.73 Å². The van der Waals surface area contributed by atoms with Crippen LogP contribution in [0.15, 0.2) is 29.2 Å². The second-order valence-electron chi connectivity index (χ2n) is 4.83. The Bertz CT molecular complexity index is 555. The molecule has 1 rings (SSSR count). The van der Waals surface area contributed by atoms with Crippen molar-refractivity contribution in [1.29, 1.82) is 0 Å². The number of nitrogens with one attached hydrogen (secondary N) is 2. The molecule has 118 valence electrons. The fraction of sp³-hybridized carbons (Fsp3) is 0.500. The first-order valence-corrected chi connectivity index (χ1v) is 8.52. The molecule has 1 atom stereocenters. The first-order valence-electron chi connectivity index (χ1n) is 7.04. The summed E-state index contributed by atoms with van der Waals surface area (Å²) < 4.78 is 25.9. The Labute approximate surface area is 126 Å². The maximum absolute atomic E-state index is 11.8. The van der Waals surface area contributed by atoms with E-state index in [-0.39, 0.29) is 23.3 Å². The van der Waals surface area contributed by atoms with Crippen molar-refractivity contribution in [2.24, 2.45) is 5.73 Å². The summed E-state index contributed by atoms with van der Waals surface area (Å²) in [6, 6.07) is 5.89. The maximum Gasteiger partial charge on any atom is 0.240 e. The largest absolute Gasteiger partial charge is 0.327 e. The van der Waals surface area contributed by atoms with Crippen LogP contribution in [-0.2, 0) is 14.8 Å². The van der Waals surface area contributed by atoms with Gasteiger partial charge in [0.05, 0.1) is 4.90 Å². The van der Waals surface area contributed by atoms with Crippen LogP contribution in [0.5, 0.6) is 0 Å². The Hall–Kier alpha value is -1.44. The molecule has 0 radical (unpaired) electrons. The van der Waals surface area contributed by atoms with Gasteiger partial charge >= 0.3 is 0 Å². The monoisotopic (exact) mass is 313 g/mol. The molecule has 0 aromatic heterocycles. The van der Waals surface area contributed by atoms with E-state index in [0.717, 1.165) is 12.8 Å². The zero-order valence-corrected chi connectivity index (χ0v) is 13.2. The summed E-state index contributed by atoms with van der Waals surface area (Å²) in [5.41, 5.74) is 6.36.